The molecule has 0 aliphatic rings. The summed E-state index contributed by atoms with van der Waals surface area (Å²) in [6, 6.07) is 0. The largest absolute Gasteiger partial charge is 0.314 e. The first-order valence-corrected chi connectivity index (χ1v) is 5.05. The van der Waals surface area contributed by atoms with Crippen LogP contribution in [0.4, 0.5) is 0 Å². The molecule has 0 radical (unpaired) electrons. The molecule has 0 aliphatic carbocycles. The van der Waals surface area contributed by atoms with Crippen LogP contribution in [0.1, 0.15) is 37.7 Å². The molecule has 0 unspecified atom stereocenters. The Bertz CT molecular complexity index is 318. The summed E-state index contributed by atoms with van der Waals surface area (Å²) >= 11 is 0. The Morgan fingerprint density at radius 2 is 1.93 bits per heavy atom. The van der Waals surface area contributed by atoms with Gasteiger partial charge in [-0.2, -0.15) is 5.10 Å². The molecule has 0 fully saturated rings. The fourth-order valence-electron chi connectivity index (χ4n) is 1.94. The summed E-state index contributed by atoms with van der Waals surface area (Å²) in [7, 11) is 3.96. The second-order valence-electron chi connectivity index (χ2n) is 4.81. The van der Waals surface area contributed by atoms with Gasteiger partial charge in [-0.3, -0.25) is 4.68 Å². The minimum absolute atomic E-state index is 0.171. The van der Waals surface area contributed by atoms with Crippen molar-refractivity contribution in [3.8, 4) is 0 Å². The van der Waals surface area contributed by atoms with Crippen molar-refractivity contribution in [3.63, 3.8) is 0 Å². The van der Waals surface area contributed by atoms with Gasteiger partial charge in [0.05, 0.1) is 5.69 Å². The van der Waals surface area contributed by atoms with Crippen LogP contribution in [0, 0.1) is 6.92 Å². The van der Waals surface area contributed by atoms with Gasteiger partial charge in [-0.05, 0) is 19.4 Å². The Hall–Kier alpha value is -0.830. The zero-order valence-electron chi connectivity index (χ0n) is 10.1. The molecule has 80 valence electrons. The number of hydrogen-bond acceptors (Lipinski definition) is 2. The molecule has 0 aromatic carbocycles. The van der Waals surface area contributed by atoms with Crippen molar-refractivity contribution in [1.29, 1.82) is 0 Å². The predicted octanol–water partition coefficient (Wildman–Crippen LogP) is 1.75. The van der Waals surface area contributed by atoms with E-state index in [4.69, 9.17) is 0 Å². The molecular formula is C11H21N3. The highest BCUT2D eigenvalue weighted by molar-refractivity contribution is 5.32. The lowest BCUT2D eigenvalue weighted by Gasteiger charge is -2.20. The summed E-state index contributed by atoms with van der Waals surface area (Å²) in [5, 5.41) is 7.68. The number of aryl methyl sites for hydroxylation is 1. The van der Waals surface area contributed by atoms with Crippen molar-refractivity contribution in [2.24, 2.45) is 7.05 Å². The lowest BCUT2D eigenvalue weighted by Crippen LogP contribution is -2.17. The number of rotatable bonds is 2. The standard InChI is InChI=1S/C11H21N3/c1-8-10(11(2,3)4)9(7-12-5)13-14(8)6/h12H,7H2,1-6H3. The first-order valence-electron chi connectivity index (χ1n) is 5.05. The molecule has 0 amide bonds. The maximum atomic E-state index is 4.52. The van der Waals surface area contributed by atoms with E-state index in [1.807, 2.05) is 18.8 Å². The molecule has 3 nitrogen and oxygen atoms in total. The van der Waals surface area contributed by atoms with E-state index in [9.17, 15) is 0 Å². The van der Waals surface area contributed by atoms with Crippen LogP contribution in [0.5, 0.6) is 0 Å². The number of nitrogens with one attached hydrogen (secondary N) is 1. The molecular weight excluding hydrogens is 174 g/mol. The molecule has 0 atom stereocenters. The van der Waals surface area contributed by atoms with E-state index in [1.165, 1.54) is 17.0 Å². The predicted molar refractivity (Wildman–Crippen MR) is 59.4 cm³/mol. The maximum Gasteiger partial charge on any atom is 0.0802 e. The van der Waals surface area contributed by atoms with Gasteiger partial charge in [-0.1, -0.05) is 20.8 Å². The number of nitrogens with zero attached hydrogens (tertiary/aromatic N) is 2. The van der Waals surface area contributed by atoms with Gasteiger partial charge in [-0.25, -0.2) is 0 Å². The van der Waals surface area contributed by atoms with Crippen molar-refractivity contribution in [2.75, 3.05) is 7.05 Å². The average molecular weight is 195 g/mol. The molecule has 1 aromatic heterocycles. The third-order valence-electron chi connectivity index (χ3n) is 2.50. The highest BCUT2D eigenvalue weighted by Crippen LogP contribution is 2.28. The third kappa shape index (κ3) is 1.98. The monoisotopic (exact) mass is 195 g/mol. The second kappa shape index (κ2) is 3.73. The van der Waals surface area contributed by atoms with Gasteiger partial charge in [-0.15, -0.1) is 0 Å². The Labute approximate surface area is 86.5 Å². The molecule has 0 bridgehead atoms. The van der Waals surface area contributed by atoms with Gasteiger partial charge >= 0.3 is 0 Å². The average Bonchev–Trinajstić information content (AvgIpc) is 2.27. The van der Waals surface area contributed by atoms with Crippen molar-refractivity contribution < 1.29 is 0 Å². The van der Waals surface area contributed by atoms with Crippen LogP contribution in [0.2, 0.25) is 0 Å². The molecule has 0 saturated heterocycles. The Morgan fingerprint density at radius 1 is 1.36 bits per heavy atom. The summed E-state index contributed by atoms with van der Waals surface area (Å²) in [5.74, 6) is 0. The van der Waals surface area contributed by atoms with Crippen molar-refractivity contribution in [2.45, 2.75) is 39.7 Å². The normalized spacial score (nSPS) is 12.1. The van der Waals surface area contributed by atoms with Gasteiger partial charge in [0.15, 0.2) is 0 Å². The minimum atomic E-state index is 0.171. The summed E-state index contributed by atoms with van der Waals surface area (Å²) in [6.45, 7) is 9.67. The van der Waals surface area contributed by atoms with Crippen LogP contribution >= 0.6 is 0 Å². The Balaban J connectivity index is 3.23. The Morgan fingerprint density at radius 3 is 2.36 bits per heavy atom. The first kappa shape index (κ1) is 11.2. The van der Waals surface area contributed by atoms with E-state index < -0.39 is 0 Å². The first-order chi connectivity index (χ1) is 6.38. The molecule has 3 heteroatoms. The minimum Gasteiger partial charge on any atom is -0.314 e. The maximum absolute atomic E-state index is 4.52. The van der Waals surface area contributed by atoms with E-state index in [1.54, 1.807) is 0 Å². The van der Waals surface area contributed by atoms with Crippen molar-refractivity contribution in [1.82, 2.24) is 15.1 Å². The summed E-state index contributed by atoms with van der Waals surface area (Å²) < 4.78 is 1.97. The molecule has 0 saturated carbocycles. The fraction of sp³-hybridized carbons (Fsp3) is 0.727. The molecule has 1 N–H and O–H groups in total. The second-order valence-corrected chi connectivity index (χ2v) is 4.81. The van der Waals surface area contributed by atoms with Crippen molar-refractivity contribution >= 4 is 0 Å². The molecule has 0 aliphatic heterocycles. The van der Waals surface area contributed by atoms with E-state index >= 15 is 0 Å². The molecule has 1 aromatic rings. The SMILES string of the molecule is CNCc1nn(C)c(C)c1C(C)(C)C. The fourth-order valence-corrected chi connectivity index (χ4v) is 1.94. The van der Waals surface area contributed by atoms with Gasteiger partial charge in [0.2, 0.25) is 0 Å². The summed E-state index contributed by atoms with van der Waals surface area (Å²) in [5.41, 5.74) is 3.97. The molecule has 1 rings (SSSR count). The van der Waals surface area contributed by atoms with E-state index in [2.05, 4.69) is 38.1 Å². The Kier molecular flexibility index (Phi) is 3.00. The summed E-state index contributed by atoms with van der Waals surface area (Å²) in [4.78, 5) is 0. The quantitative estimate of drug-likeness (QED) is 0.779. The van der Waals surface area contributed by atoms with Crippen LogP contribution in [0.3, 0.4) is 0 Å². The van der Waals surface area contributed by atoms with E-state index in [0.29, 0.717) is 0 Å². The van der Waals surface area contributed by atoms with Crippen LogP contribution in [0.15, 0.2) is 0 Å². The highest BCUT2D eigenvalue weighted by Gasteiger charge is 2.23. The molecule has 0 spiro atoms. The van der Waals surface area contributed by atoms with E-state index in [0.717, 1.165) is 6.54 Å². The van der Waals surface area contributed by atoms with Gasteiger partial charge in [0, 0.05) is 24.8 Å². The molecule has 14 heavy (non-hydrogen) atoms. The smallest absolute Gasteiger partial charge is 0.0802 e. The number of aromatic nitrogens is 2. The van der Waals surface area contributed by atoms with Crippen LogP contribution in [0.25, 0.3) is 0 Å². The van der Waals surface area contributed by atoms with Gasteiger partial charge < -0.3 is 5.32 Å². The number of hydrogen-bond donors (Lipinski definition) is 1. The molecule has 1 heterocycles. The van der Waals surface area contributed by atoms with Crippen LogP contribution in [-0.4, -0.2) is 16.8 Å². The lowest BCUT2D eigenvalue weighted by molar-refractivity contribution is 0.574. The summed E-state index contributed by atoms with van der Waals surface area (Å²) in [6.07, 6.45) is 0. The van der Waals surface area contributed by atoms with E-state index in [-0.39, 0.29) is 5.41 Å². The zero-order chi connectivity index (χ0) is 10.9. The van der Waals surface area contributed by atoms with Crippen LogP contribution < -0.4 is 5.32 Å². The third-order valence-corrected chi connectivity index (χ3v) is 2.50. The zero-order valence-corrected chi connectivity index (χ0v) is 10.1. The van der Waals surface area contributed by atoms with Crippen LogP contribution in [-0.2, 0) is 19.0 Å². The lowest BCUT2D eigenvalue weighted by atomic mass is 9.85. The highest BCUT2D eigenvalue weighted by atomic mass is 15.3. The topological polar surface area (TPSA) is 29.9 Å². The van der Waals surface area contributed by atoms with Gasteiger partial charge in [0.25, 0.3) is 0 Å². The van der Waals surface area contributed by atoms with Crippen molar-refractivity contribution in [3.05, 3.63) is 17.0 Å². The van der Waals surface area contributed by atoms with Gasteiger partial charge in [0.1, 0.15) is 0 Å².